The molecule has 0 amide bonds. The van der Waals surface area contributed by atoms with Gasteiger partial charge in [-0.3, -0.25) is 4.98 Å². The second-order valence-corrected chi connectivity index (χ2v) is 5.28. The van der Waals surface area contributed by atoms with Crippen LogP contribution in [0.15, 0.2) is 18.6 Å². The minimum atomic E-state index is 0.576. The smallest absolute Gasteiger partial charge is 0.144 e. The lowest BCUT2D eigenvalue weighted by Gasteiger charge is -2.20. The monoisotopic (exact) mass is 223 g/mol. The molecule has 2 rings (SSSR count). The molecule has 1 aliphatic carbocycles. The zero-order valence-electron chi connectivity index (χ0n) is 9.02. The predicted octanol–water partition coefficient (Wildman–Crippen LogP) is 2.56. The SMILES string of the molecule is CCSC1CCCC1Nc1cnccn1. The topological polar surface area (TPSA) is 37.8 Å². The Morgan fingerprint density at radius 2 is 2.40 bits per heavy atom. The van der Waals surface area contributed by atoms with E-state index in [9.17, 15) is 0 Å². The van der Waals surface area contributed by atoms with Crippen LogP contribution in [-0.4, -0.2) is 27.0 Å². The van der Waals surface area contributed by atoms with E-state index >= 15 is 0 Å². The molecule has 1 aromatic rings. The van der Waals surface area contributed by atoms with Crippen molar-refractivity contribution in [1.82, 2.24) is 9.97 Å². The van der Waals surface area contributed by atoms with Gasteiger partial charge in [0.1, 0.15) is 5.82 Å². The highest BCUT2D eigenvalue weighted by molar-refractivity contribution is 7.99. The van der Waals surface area contributed by atoms with Crippen molar-refractivity contribution in [2.24, 2.45) is 0 Å². The number of thioether (sulfide) groups is 1. The summed E-state index contributed by atoms with van der Waals surface area (Å²) in [5.41, 5.74) is 0. The number of hydrogen-bond acceptors (Lipinski definition) is 4. The zero-order chi connectivity index (χ0) is 10.5. The number of nitrogens with zero attached hydrogens (tertiary/aromatic N) is 2. The Labute approximate surface area is 95.1 Å². The van der Waals surface area contributed by atoms with Crippen LogP contribution in [0.2, 0.25) is 0 Å². The molecule has 1 fully saturated rings. The molecule has 0 radical (unpaired) electrons. The molecular weight excluding hydrogens is 206 g/mol. The van der Waals surface area contributed by atoms with E-state index in [-0.39, 0.29) is 0 Å². The van der Waals surface area contributed by atoms with E-state index in [1.165, 1.54) is 25.0 Å². The highest BCUT2D eigenvalue weighted by atomic mass is 32.2. The van der Waals surface area contributed by atoms with E-state index in [1.807, 2.05) is 0 Å². The van der Waals surface area contributed by atoms with Gasteiger partial charge in [-0.15, -0.1) is 0 Å². The van der Waals surface area contributed by atoms with E-state index in [1.54, 1.807) is 18.6 Å². The van der Waals surface area contributed by atoms with E-state index in [0.717, 1.165) is 11.1 Å². The average Bonchev–Trinajstić information content (AvgIpc) is 2.68. The van der Waals surface area contributed by atoms with E-state index < -0.39 is 0 Å². The maximum atomic E-state index is 4.25. The summed E-state index contributed by atoms with van der Waals surface area (Å²) in [4.78, 5) is 8.32. The molecule has 1 aliphatic rings. The highest BCUT2D eigenvalue weighted by Crippen LogP contribution is 2.31. The van der Waals surface area contributed by atoms with Gasteiger partial charge in [0.15, 0.2) is 0 Å². The van der Waals surface area contributed by atoms with Gasteiger partial charge in [0.25, 0.3) is 0 Å². The normalized spacial score (nSPS) is 25.4. The summed E-state index contributed by atoms with van der Waals surface area (Å²) in [6.45, 7) is 2.22. The molecule has 0 saturated heterocycles. The molecule has 2 unspecified atom stereocenters. The van der Waals surface area contributed by atoms with Crippen LogP contribution in [0, 0.1) is 0 Å². The lowest BCUT2D eigenvalue weighted by molar-refractivity contribution is 0.761. The second kappa shape index (κ2) is 5.35. The Bertz CT molecular complexity index is 291. The molecule has 82 valence electrons. The number of aromatic nitrogens is 2. The third-order valence-corrected chi connectivity index (χ3v) is 4.06. The molecule has 0 spiro atoms. The van der Waals surface area contributed by atoms with Gasteiger partial charge >= 0.3 is 0 Å². The molecule has 1 aromatic heterocycles. The van der Waals surface area contributed by atoms with Crippen molar-refractivity contribution >= 4 is 17.6 Å². The van der Waals surface area contributed by atoms with Crippen LogP contribution in [-0.2, 0) is 0 Å². The van der Waals surface area contributed by atoms with Gasteiger partial charge in [-0.25, -0.2) is 4.98 Å². The summed E-state index contributed by atoms with van der Waals surface area (Å²) >= 11 is 2.06. The van der Waals surface area contributed by atoms with Gasteiger partial charge in [-0.1, -0.05) is 13.3 Å². The Morgan fingerprint density at radius 3 is 3.13 bits per heavy atom. The molecular formula is C11H17N3S. The fourth-order valence-electron chi connectivity index (χ4n) is 2.07. The molecule has 4 heteroatoms. The van der Waals surface area contributed by atoms with E-state index in [4.69, 9.17) is 0 Å². The minimum Gasteiger partial charge on any atom is -0.365 e. The van der Waals surface area contributed by atoms with Crippen LogP contribution in [0.1, 0.15) is 26.2 Å². The van der Waals surface area contributed by atoms with Gasteiger partial charge < -0.3 is 5.32 Å². The minimum absolute atomic E-state index is 0.576. The number of anilines is 1. The zero-order valence-corrected chi connectivity index (χ0v) is 9.83. The Balaban J connectivity index is 1.93. The van der Waals surface area contributed by atoms with Gasteiger partial charge in [-0.05, 0) is 18.6 Å². The van der Waals surface area contributed by atoms with Gasteiger partial charge in [0, 0.05) is 23.7 Å². The molecule has 0 aromatic carbocycles. The quantitative estimate of drug-likeness (QED) is 0.851. The average molecular weight is 223 g/mol. The summed E-state index contributed by atoms with van der Waals surface area (Å²) in [5, 5.41) is 4.23. The Morgan fingerprint density at radius 1 is 1.47 bits per heavy atom. The van der Waals surface area contributed by atoms with Crippen LogP contribution in [0.4, 0.5) is 5.82 Å². The van der Waals surface area contributed by atoms with E-state index in [2.05, 4.69) is 34.0 Å². The van der Waals surface area contributed by atoms with Crippen LogP contribution in [0.3, 0.4) is 0 Å². The summed E-state index contributed by atoms with van der Waals surface area (Å²) in [6.07, 6.45) is 9.16. The lowest BCUT2D eigenvalue weighted by Crippen LogP contribution is -2.26. The van der Waals surface area contributed by atoms with Crippen LogP contribution in [0.25, 0.3) is 0 Å². The van der Waals surface area contributed by atoms with Crippen LogP contribution >= 0.6 is 11.8 Å². The third kappa shape index (κ3) is 2.84. The van der Waals surface area contributed by atoms with Crippen LogP contribution in [0.5, 0.6) is 0 Å². The van der Waals surface area contributed by atoms with Crippen LogP contribution < -0.4 is 5.32 Å². The van der Waals surface area contributed by atoms with Gasteiger partial charge in [0.2, 0.25) is 0 Å². The molecule has 1 heterocycles. The first-order chi connectivity index (χ1) is 7.40. The van der Waals surface area contributed by atoms with E-state index in [0.29, 0.717) is 6.04 Å². The highest BCUT2D eigenvalue weighted by Gasteiger charge is 2.27. The first kappa shape index (κ1) is 10.7. The van der Waals surface area contributed by atoms with Gasteiger partial charge in [-0.2, -0.15) is 11.8 Å². The summed E-state index contributed by atoms with van der Waals surface area (Å²) in [6, 6.07) is 0.576. The lowest BCUT2D eigenvalue weighted by atomic mass is 10.2. The molecule has 0 bridgehead atoms. The number of rotatable bonds is 4. The largest absolute Gasteiger partial charge is 0.365 e. The predicted molar refractivity (Wildman–Crippen MR) is 65.2 cm³/mol. The van der Waals surface area contributed by atoms with Gasteiger partial charge in [0.05, 0.1) is 6.20 Å². The standard InChI is InChI=1S/C11H17N3S/c1-2-15-10-5-3-4-9(10)14-11-8-12-6-7-13-11/h6-10H,2-5H2,1H3,(H,13,14). The number of hydrogen-bond donors (Lipinski definition) is 1. The number of nitrogens with one attached hydrogen (secondary N) is 1. The second-order valence-electron chi connectivity index (χ2n) is 3.77. The fraction of sp³-hybridized carbons (Fsp3) is 0.636. The molecule has 1 N–H and O–H groups in total. The first-order valence-corrected chi connectivity index (χ1v) is 6.59. The summed E-state index contributed by atoms with van der Waals surface area (Å²) in [5.74, 6) is 2.11. The maximum absolute atomic E-state index is 4.25. The van der Waals surface area contributed by atoms with Crippen molar-refractivity contribution in [3.8, 4) is 0 Å². The molecule has 1 saturated carbocycles. The third-order valence-electron chi connectivity index (χ3n) is 2.73. The maximum Gasteiger partial charge on any atom is 0.144 e. The van der Waals surface area contributed by atoms with Crippen molar-refractivity contribution in [1.29, 1.82) is 0 Å². The molecule has 0 aliphatic heterocycles. The van der Waals surface area contributed by atoms with Crippen molar-refractivity contribution in [2.75, 3.05) is 11.1 Å². The Kier molecular flexibility index (Phi) is 3.83. The van der Waals surface area contributed by atoms with Crippen molar-refractivity contribution in [3.05, 3.63) is 18.6 Å². The van der Waals surface area contributed by atoms with Crippen molar-refractivity contribution in [2.45, 2.75) is 37.5 Å². The fourth-order valence-corrected chi connectivity index (χ4v) is 3.27. The first-order valence-electron chi connectivity index (χ1n) is 5.54. The summed E-state index contributed by atoms with van der Waals surface area (Å²) < 4.78 is 0. The molecule has 3 nitrogen and oxygen atoms in total. The van der Waals surface area contributed by atoms with Crippen molar-refractivity contribution < 1.29 is 0 Å². The summed E-state index contributed by atoms with van der Waals surface area (Å²) in [7, 11) is 0. The molecule has 15 heavy (non-hydrogen) atoms. The Hall–Kier alpha value is -0.770. The van der Waals surface area contributed by atoms with Crippen molar-refractivity contribution in [3.63, 3.8) is 0 Å². The molecule has 2 atom stereocenters.